The summed E-state index contributed by atoms with van der Waals surface area (Å²) in [4.78, 5) is 0. The van der Waals surface area contributed by atoms with Crippen LogP contribution in [0.25, 0.3) is 0 Å². The Kier molecular flexibility index (Phi) is 8.06. The van der Waals surface area contributed by atoms with Gasteiger partial charge in [-0.15, -0.1) is 0 Å². The minimum Gasteiger partial charge on any atom is -0.335 e. The van der Waals surface area contributed by atoms with Gasteiger partial charge in [-0.05, 0) is 17.0 Å². The molecule has 0 aromatic rings. The van der Waals surface area contributed by atoms with Crippen LogP contribution in [-0.2, 0) is 14.2 Å². The fraction of sp³-hybridized carbons (Fsp3) is 1.00. The maximum atomic E-state index is 5.90. The maximum Gasteiger partial charge on any atom is 0.252 e. The summed E-state index contributed by atoms with van der Waals surface area (Å²) < 4.78 is 17.7. The zero-order valence-corrected chi connectivity index (χ0v) is 17.0. The molecule has 0 spiro atoms. The first kappa shape index (κ1) is 19.4. The SMILES string of the molecule is CCC[C@H]1CC[C@H]([SiH](C2CCCCC2)C(OC)(OC)OC)CC1. The van der Waals surface area contributed by atoms with E-state index in [4.69, 9.17) is 14.2 Å². The first-order valence-electron chi connectivity index (χ1n) is 9.86. The normalized spacial score (nSPS) is 28.7. The van der Waals surface area contributed by atoms with E-state index in [1.165, 1.54) is 70.6 Å². The molecule has 2 saturated carbocycles. The molecule has 136 valence electrons. The van der Waals surface area contributed by atoms with E-state index < -0.39 is 14.4 Å². The van der Waals surface area contributed by atoms with E-state index in [9.17, 15) is 0 Å². The van der Waals surface area contributed by atoms with Gasteiger partial charge in [-0.3, -0.25) is 0 Å². The van der Waals surface area contributed by atoms with Crippen LogP contribution in [0.4, 0.5) is 0 Å². The average molecular weight is 343 g/mol. The summed E-state index contributed by atoms with van der Waals surface area (Å²) in [5.41, 5.74) is 0.909. The second-order valence-corrected chi connectivity index (χ2v) is 11.4. The molecule has 4 heteroatoms. The van der Waals surface area contributed by atoms with E-state index in [0.29, 0.717) is 0 Å². The highest BCUT2D eigenvalue weighted by Gasteiger charge is 2.50. The van der Waals surface area contributed by atoms with E-state index in [1.54, 1.807) is 21.3 Å². The Hall–Kier alpha value is 0.0969. The van der Waals surface area contributed by atoms with Crippen LogP contribution in [0.15, 0.2) is 0 Å². The smallest absolute Gasteiger partial charge is 0.252 e. The number of rotatable bonds is 8. The zero-order chi connectivity index (χ0) is 16.7. The van der Waals surface area contributed by atoms with E-state index in [-0.39, 0.29) is 0 Å². The Labute approximate surface area is 145 Å². The molecule has 3 nitrogen and oxygen atoms in total. The molecule has 2 aliphatic rings. The standard InChI is InChI=1S/C19H38O3Si/c1-5-9-16-12-14-18(15-13-16)23(17-10-7-6-8-11-17)19(20-2,21-3)22-4/h16-18,23H,5-15H2,1-4H3/t16-,18-,23?. The Morgan fingerprint density at radius 3 is 1.78 bits per heavy atom. The van der Waals surface area contributed by atoms with Crippen molar-refractivity contribution >= 4 is 8.80 Å². The molecule has 23 heavy (non-hydrogen) atoms. The summed E-state index contributed by atoms with van der Waals surface area (Å²) in [7, 11) is 3.97. The van der Waals surface area contributed by atoms with E-state index in [2.05, 4.69) is 6.92 Å². The molecular weight excluding hydrogens is 304 g/mol. The lowest BCUT2D eigenvalue weighted by Gasteiger charge is -2.46. The summed E-state index contributed by atoms with van der Waals surface area (Å²) in [6.07, 6.45) is 15.2. The maximum absolute atomic E-state index is 5.90. The van der Waals surface area contributed by atoms with E-state index in [0.717, 1.165) is 17.0 Å². The van der Waals surface area contributed by atoms with Gasteiger partial charge >= 0.3 is 0 Å². The predicted octanol–water partition coefficient (Wildman–Crippen LogP) is 5.04. The summed E-state index contributed by atoms with van der Waals surface area (Å²) in [5.74, 6) is 0.958. The molecule has 2 rings (SSSR count). The highest BCUT2D eigenvalue weighted by molar-refractivity contribution is 6.64. The van der Waals surface area contributed by atoms with Crippen molar-refractivity contribution in [2.45, 2.75) is 94.2 Å². The molecule has 0 aliphatic heterocycles. The van der Waals surface area contributed by atoms with Crippen molar-refractivity contribution in [3.05, 3.63) is 0 Å². The van der Waals surface area contributed by atoms with Crippen molar-refractivity contribution in [1.29, 1.82) is 0 Å². The van der Waals surface area contributed by atoms with Gasteiger partial charge in [0.05, 0.1) is 0 Å². The van der Waals surface area contributed by atoms with Crippen molar-refractivity contribution in [1.82, 2.24) is 0 Å². The summed E-state index contributed by atoms with van der Waals surface area (Å²) in [6, 6.07) is 0. The van der Waals surface area contributed by atoms with Crippen molar-refractivity contribution < 1.29 is 14.2 Å². The van der Waals surface area contributed by atoms with Crippen molar-refractivity contribution in [3.8, 4) is 0 Å². The van der Waals surface area contributed by atoms with Crippen LogP contribution >= 0.6 is 0 Å². The minimum atomic E-state index is -1.36. The fourth-order valence-corrected chi connectivity index (χ4v) is 10.4. The summed E-state index contributed by atoms with van der Waals surface area (Å²) in [6.45, 7) is 2.32. The van der Waals surface area contributed by atoms with E-state index >= 15 is 0 Å². The van der Waals surface area contributed by atoms with Crippen LogP contribution in [0.5, 0.6) is 0 Å². The van der Waals surface area contributed by atoms with Crippen LogP contribution in [0.2, 0.25) is 11.1 Å². The molecular formula is C19H38O3Si. The number of hydrogen-bond acceptors (Lipinski definition) is 3. The topological polar surface area (TPSA) is 27.7 Å². The lowest BCUT2D eigenvalue weighted by Crippen LogP contribution is -2.56. The number of ether oxygens (including phenoxy) is 3. The summed E-state index contributed by atoms with van der Waals surface area (Å²) in [5, 5.41) is 0. The lowest BCUT2D eigenvalue weighted by atomic mass is 9.86. The molecule has 2 fully saturated rings. The van der Waals surface area contributed by atoms with Gasteiger partial charge in [0.25, 0.3) is 5.60 Å². The highest BCUT2D eigenvalue weighted by atomic mass is 28.3. The minimum absolute atomic E-state index is 0.718. The van der Waals surface area contributed by atoms with Crippen LogP contribution in [-0.4, -0.2) is 35.7 Å². The van der Waals surface area contributed by atoms with Gasteiger partial charge in [0.1, 0.15) is 0 Å². The molecule has 0 radical (unpaired) electrons. The third-order valence-corrected chi connectivity index (χ3v) is 11.4. The monoisotopic (exact) mass is 342 g/mol. The molecule has 1 unspecified atom stereocenters. The number of methoxy groups -OCH3 is 3. The molecule has 0 aromatic carbocycles. The second kappa shape index (κ2) is 9.55. The van der Waals surface area contributed by atoms with Gasteiger partial charge < -0.3 is 14.2 Å². The van der Waals surface area contributed by atoms with Crippen molar-refractivity contribution in [2.75, 3.05) is 21.3 Å². The first-order valence-corrected chi connectivity index (χ1v) is 11.8. The second-order valence-electron chi connectivity index (χ2n) is 7.71. The Morgan fingerprint density at radius 1 is 0.783 bits per heavy atom. The van der Waals surface area contributed by atoms with Crippen LogP contribution in [0.1, 0.15) is 77.6 Å². The Bertz CT molecular complexity index is 310. The van der Waals surface area contributed by atoms with Gasteiger partial charge in [0.15, 0.2) is 8.80 Å². The summed E-state index contributed by atoms with van der Waals surface area (Å²) >= 11 is 0. The third kappa shape index (κ3) is 4.59. The van der Waals surface area contributed by atoms with Gasteiger partial charge in [0.2, 0.25) is 0 Å². The average Bonchev–Trinajstić information content (AvgIpc) is 2.62. The predicted molar refractivity (Wildman–Crippen MR) is 98.4 cm³/mol. The largest absolute Gasteiger partial charge is 0.335 e. The number of hydrogen-bond donors (Lipinski definition) is 0. The Morgan fingerprint density at radius 2 is 1.30 bits per heavy atom. The molecule has 0 aromatic heterocycles. The van der Waals surface area contributed by atoms with Gasteiger partial charge in [0, 0.05) is 21.3 Å². The molecule has 0 saturated heterocycles. The first-order chi connectivity index (χ1) is 11.2. The molecule has 0 bridgehead atoms. The zero-order valence-electron chi connectivity index (χ0n) is 15.8. The van der Waals surface area contributed by atoms with Crippen molar-refractivity contribution in [2.24, 2.45) is 5.92 Å². The molecule has 2 aliphatic carbocycles. The van der Waals surface area contributed by atoms with Gasteiger partial charge in [-0.25, -0.2) is 0 Å². The molecule has 1 atom stereocenters. The fourth-order valence-electron chi connectivity index (χ4n) is 5.36. The lowest BCUT2D eigenvalue weighted by molar-refractivity contribution is -0.299. The van der Waals surface area contributed by atoms with Gasteiger partial charge in [-0.2, -0.15) is 0 Å². The van der Waals surface area contributed by atoms with Gasteiger partial charge in [-0.1, -0.05) is 77.6 Å². The van der Waals surface area contributed by atoms with Crippen LogP contribution in [0, 0.1) is 5.92 Å². The van der Waals surface area contributed by atoms with Crippen molar-refractivity contribution in [3.63, 3.8) is 0 Å². The Balaban J connectivity index is 2.13. The highest BCUT2D eigenvalue weighted by Crippen LogP contribution is 2.47. The van der Waals surface area contributed by atoms with Crippen LogP contribution in [0.3, 0.4) is 0 Å². The van der Waals surface area contributed by atoms with Crippen LogP contribution < -0.4 is 0 Å². The quantitative estimate of drug-likeness (QED) is 0.457. The molecule has 0 amide bonds. The van der Waals surface area contributed by atoms with E-state index in [1.807, 2.05) is 0 Å². The third-order valence-electron chi connectivity index (χ3n) is 6.52. The molecule has 0 heterocycles. The molecule has 0 N–H and O–H groups in total.